The molecule has 104 valence electrons. The lowest BCUT2D eigenvalue weighted by Crippen LogP contribution is -2.02. The molecule has 0 spiro atoms. The van der Waals surface area contributed by atoms with E-state index in [1.807, 2.05) is 0 Å². The van der Waals surface area contributed by atoms with Gasteiger partial charge in [0, 0.05) is 4.47 Å². The van der Waals surface area contributed by atoms with Crippen LogP contribution in [-0.4, -0.2) is 9.55 Å². The standard InChI is InChI=1S/C15H8BrClFN3/c16-10-2-4-13(11(18)6-10)21-14-5-9(8-19)1-3-12(14)20-15(21)7-17/h1-6H,7H2. The van der Waals surface area contributed by atoms with Gasteiger partial charge in [-0.05, 0) is 36.4 Å². The Morgan fingerprint density at radius 3 is 2.76 bits per heavy atom. The highest BCUT2D eigenvalue weighted by molar-refractivity contribution is 9.10. The van der Waals surface area contributed by atoms with E-state index >= 15 is 0 Å². The zero-order chi connectivity index (χ0) is 15.0. The first-order valence-corrected chi connectivity index (χ1v) is 7.39. The summed E-state index contributed by atoms with van der Waals surface area (Å²) < 4.78 is 16.5. The topological polar surface area (TPSA) is 41.6 Å². The molecule has 0 fully saturated rings. The number of alkyl halides is 1. The number of hydrogen-bond acceptors (Lipinski definition) is 2. The van der Waals surface area contributed by atoms with Crippen LogP contribution in [0.3, 0.4) is 0 Å². The average molecular weight is 365 g/mol. The van der Waals surface area contributed by atoms with Crippen molar-refractivity contribution < 1.29 is 4.39 Å². The Morgan fingerprint density at radius 1 is 1.29 bits per heavy atom. The summed E-state index contributed by atoms with van der Waals surface area (Å²) in [6.45, 7) is 0. The number of rotatable bonds is 2. The van der Waals surface area contributed by atoms with Gasteiger partial charge in [-0.1, -0.05) is 15.9 Å². The van der Waals surface area contributed by atoms with E-state index in [-0.39, 0.29) is 5.88 Å². The van der Waals surface area contributed by atoms with E-state index in [0.29, 0.717) is 32.6 Å². The van der Waals surface area contributed by atoms with Gasteiger partial charge in [0.25, 0.3) is 0 Å². The average Bonchev–Trinajstić information content (AvgIpc) is 2.84. The molecule has 0 aliphatic carbocycles. The van der Waals surface area contributed by atoms with Crippen molar-refractivity contribution in [3.63, 3.8) is 0 Å². The molecule has 0 bridgehead atoms. The first-order chi connectivity index (χ1) is 10.1. The second-order valence-corrected chi connectivity index (χ2v) is 5.59. The van der Waals surface area contributed by atoms with Gasteiger partial charge in [-0.3, -0.25) is 4.57 Å². The fourth-order valence-corrected chi connectivity index (χ4v) is 2.73. The highest BCUT2D eigenvalue weighted by Gasteiger charge is 2.15. The summed E-state index contributed by atoms with van der Waals surface area (Å²) in [5.74, 6) is 0.284. The molecule has 0 amide bonds. The van der Waals surface area contributed by atoms with Crippen molar-refractivity contribution in [2.45, 2.75) is 5.88 Å². The van der Waals surface area contributed by atoms with Crippen molar-refractivity contribution in [3.05, 3.63) is 58.1 Å². The van der Waals surface area contributed by atoms with Crippen molar-refractivity contribution in [1.82, 2.24) is 9.55 Å². The maximum absolute atomic E-state index is 14.3. The largest absolute Gasteiger partial charge is 0.292 e. The van der Waals surface area contributed by atoms with Crippen LogP contribution in [-0.2, 0) is 5.88 Å². The Bertz CT molecular complexity index is 882. The molecule has 0 aliphatic rings. The molecule has 0 atom stereocenters. The molecule has 0 saturated heterocycles. The molecular weight excluding hydrogens is 357 g/mol. The minimum atomic E-state index is -0.391. The molecule has 3 aromatic rings. The molecule has 1 heterocycles. The third-order valence-corrected chi connectivity index (χ3v) is 3.86. The van der Waals surface area contributed by atoms with Gasteiger partial charge in [0.1, 0.15) is 11.6 Å². The molecule has 0 saturated carbocycles. The van der Waals surface area contributed by atoms with Crippen LogP contribution in [0.25, 0.3) is 16.7 Å². The van der Waals surface area contributed by atoms with E-state index < -0.39 is 5.82 Å². The van der Waals surface area contributed by atoms with Gasteiger partial charge in [-0.2, -0.15) is 5.26 Å². The summed E-state index contributed by atoms with van der Waals surface area (Å²) in [5, 5.41) is 9.03. The normalized spacial score (nSPS) is 10.8. The van der Waals surface area contributed by atoms with Crippen LogP contribution in [0.2, 0.25) is 0 Å². The van der Waals surface area contributed by atoms with Crippen molar-refractivity contribution >= 4 is 38.6 Å². The van der Waals surface area contributed by atoms with E-state index in [0.717, 1.165) is 0 Å². The van der Waals surface area contributed by atoms with Gasteiger partial charge in [0.15, 0.2) is 0 Å². The molecule has 0 aliphatic heterocycles. The number of nitrogens with zero attached hydrogens (tertiary/aromatic N) is 3. The Morgan fingerprint density at radius 2 is 2.10 bits per heavy atom. The van der Waals surface area contributed by atoms with Crippen molar-refractivity contribution in [2.75, 3.05) is 0 Å². The van der Waals surface area contributed by atoms with E-state index in [2.05, 4.69) is 27.0 Å². The number of imidazole rings is 1. The molecule has 0 N–H and O–H groups in total. The van der Waals surface area contributed by atoms with Crippen molar-refractivity contribution in [3.8, 4) is 11.8 Å². The van der Waals surface area contributed by atoms with Gasteiger partial charge in [0.2, 0.25) is 0 Å². The maximum atomic E-state index is 14.3. The fourth-order valence-electron chi connectivity index (χ4n) is 2.22. The zero-order valence-electron chi connectivity index (χ0n) is 10.6. The van der Waals surface area contributed by atoms with E-state index in [4.69, 9.17) is 16.9 Å². The minimum absolute atomic E-state index is 0.145. The molecule has 1 aromatic heterocycles. The third kappa shape index (κ3) is 2.41. The number of aromatic nitrogens is 2. The third-order valence-electron chi connectivity index (χ3n) is 3.12. The molecule has 21 heavy (non-hydrogen) atoms. The smallest absolute Gasteiger partial charge is 0.148 e. The van der Waals surface area contributed by atoms with Crippen LogP contribution < -0.4 is 0 Å². The lowest BCUT2D eigenvalue weighted by atomic mass is 10.2. The monoisotopic (exact) mass is 363 g/mol. The number of fused-ring (bicyclic) bond motifs is 1. The molecular formula is C15H8BrClFN3. The van der Waals surface area contributed by atoms with Crippen LogP contribution >= 0.6 is 27.5 Å². The predicted octanol–water partition coefficient (Wildman–Crippen LogP) is 4.54. The van der Waals surface area contributed by atoms with Crippen LogP contribution in [0.1, 0.15) is 11.4 Å². The summed E-state index contributed by atoms with van der Waals surface area (Å²) in [4.78, 5) is 4.39. The molecule has 3 nitrogen and oxygen atoms in total. The van der Waals surface area contributed by atoms with Crippen molar-refractivity contribution in [2.24, 2.45) is 0 Å². The van der Waals surface area contributed by atoms with Crippen LogP contribution in [0, 0.1) is 17.1 Å². The van der Waals surface area contributed by atoms with Gasteiger partial charge >= 0.3 is 0 Å². The number of nitriles is 1. The molecule has 0 radical (unpaired) electrons. The number of benzene rings is 2. The second-order valence-electron chi connectivity index (χ2n) is 4.41. The summed E-state index contributed by atoms with van der Waals surface area (Å²) in [7, 11) is 0. The summed E-state index contributed by atoms with van der Waals surface area (Å²) in [5.41, 5.74) is 2.17. The summed E-state index contributed by atoms with van der Waals surface area (Å²) >= 11 is 9.16. The highest BCUT2D eigenvalue weighted by Crippen LogP contribution is 2.26. The van der Waals surface area contributed by atoms with E-state index in [9.17, 15) is 4.39 Å². The Labute approximate surface area is 133 Å². The second kappa shape index (κ2) is 5.47. The lowest BCUT2D eigenvalue weighted by molar-refractivity contribution is 0.617. The van der Waals surface area contributed by atoms with Crippen LogP contribution in [0.4, 0.5) is 4.39 Å². The van der Waals surface area contributed by atoms with Gasteiger partial charge in [0.05, 0.1) is 34.2 Å². The van der Waals surface area contributed by atoms with Gasteiger partial charge in [-0.25, -0.2) is 9.37 Å². The quantitative estimate of drug-likeness (QED) is 0.627. The molecule has 6 heteroatoms. The number of hydrogen-bond donors (Lipinski definition) is 0. The van der Waals surface area contributed by atoms with E-state index in [1.54, 1.807) is 34.9 Å². The lowest BCUT2D eigenvalue weighted by Gasteiger charge is -2.09. The summed E-state index contributed by atoms with van der Waals surface area (Å²) in [6.07, 6.45) is 0. The van der Waals surface area contributed by atoms with Crippen LogP contribution in [0.15, 0.2) is 40.9 Å². The molecule has 0 unspecified atom stereocenters. The Kier molecular flexibility index (Phi) is 3.66. The molecule has 2 aromatic carbocycles. The van der Waals surface area contributed by atoms with Gasteiger partial charge in [-0.15, -0.1) is 11.6 Å². The Hall–Kier alpha value is -1.90. The fraction of sp³-hybridized carbons (Fsp3) is 0.0667. The Balaban J connectivity index is 2.36. The van der Waals surface area contributed by atoms with Crippen molar-refractivity contribution in [1.29, 1.82) is 5.26 Å². The first-order valence-electron chi connectivity index (χ1n) is 6.07. The first kappa shape index (κ1) is 14.1. The van der Waals surface area contributed by atoms with E-state index in [1.165, 1.54) is 6.07 Å². The summed E-state index contributed by atoms with van der Waals surface area (Å²) in [6, 6.07) is 11.9. The zero-order valence-corrected chi connectivity index (χ0v) is 13.0. The molecule has 3 rings (SSSR count). The number of halogens is 3. The van der Waals surface area contributed by atoms with Gasteiger partial charge < -0.3 is 0 Å². The predicted molar refractivity (Wildman–Crippen MR) is 83.0 cm³/mol. The highest BCUT2D eigenvalue weighted by atomic mass is 79.9. The minimum Gasteiger partial charge on any atom is -0.292 e. The SMILES string of the molecule is N#Cc1ccc2nc(CCl)n(-c3ccc(Br)cc3F)c2c1. The van der Waals surface area contributed by atoms with Crippen LogP contribution in [0.5, 0.6) is 0 Å². The maximum Gasteiger partial charge on any atom is 0.148 e.